The van der Waals surface area contributed by atoms with Gasteiger partial charge >= 0.3 is 0 Å². The summed E-state index contributed by atoms with van der Waals surface area (Å²) in [5, 5.41) is 34.5. The van der Waals surface area contributed by atoms with Crippen molar-refractivity contribution in [1.29, 1.82) is 0 Å². The van der Waals surface area contributed by atoms with Crippen LogP contribution in [0, 0.1) is 5.92 Å². The Hall–Kier alpha value is -3.28. The summed E-state index contributed by atoms with van der Waals surface area (Å²) in [7, 11) is 0. The van der Waals surface area contributed by atoms with E-state index in [9.17, 15) is 14.7 Å². The molecule has 194 valence electrons. The van der Waals surface area contributed by atoms with Gasteiger partial charge in [0.2, 0.25) is 22.1 Å². The van der Waals surface area contributed by atoms with Crippen LogP contribution >= 0.6 is 22.7 Å². The molecule has 0 radical (unpaired) electrons. The number of nitrogens with one attached hydrogen (secondary N) is 2. The molecule has 4 rings (SSSR count). The fourth-order valence-electron chi connectivity index (χ4n) is 3.96. The number of benzene rings is 1. The second-order valence-corrected chi connectivity index (χ2v) is 11.1. The molecule has 2 aromatic heterocycles. The number of hydrogen-bond acceptors (Lipinski definition) is 9. The van der Waals surface area contributed by atoms with E-state index in [4.69, 9.17) is 0 Å². The van der Waals surface area contributed by atoms with Crippen molar-refractivity contribution < 1.29 is 14.7 Å². The summed E-state index contributed by atoms with van der Waals surface area (Å²) >= 11 is 2.77. The van der Waals surface area contributed by atoms with E-state index in [-0.39, 0.29) is 24.8 Å². The zero-order valence-corrected chi connectivity index (χ0v) is 22.3. The Morgan fingerprint density at radius 3 is 2.08 bits per heavy atom. The number of aromatic nitrogens is 4. The fourth-order valence-corrected chi connectivity index (χ4v) is 5.56. The van der Waals surface area contributed by atoms with Gasteiger partial charge < -0.3 is 15.7 Å². The van der Waals surface area contributed by atoms with Gasteiger partial charge in [0, 0.05) is 12.8 Å². The smallest absolute Gasteiger partial charge is 0.230 e. The maximum Gasteiger partial charge on any atom is 0.230 e. The van der Waals surface area contributed by atoms with Crippen LogP contribution in [-0.4, -0.2) is 43.9 Å². The number of aliphatic hydroxyl groups excluding tert-OH is 1. The summed E-state index contributed by atoms with van der Waals surface area (Å²) in [4.78, 5) is 24.6. The monoisotopic (exact) mass is 538 g/mol. The van der Waals surface area contributed by atoms with Crippen molar-refractivity contribution in [3.63, 3.8) is 0 Å². The molecular formula is C26H30N6O3S2. The van der Waals surface area contributed by atoms with Crippen molar-refractivity contribution in [2.45, 2.75) is 51.9 Å². The number of rotatable bonds is 12. The van der Waals surface area contributed by atoms with Crippen molar-refractivity contribution in [2.24, 2.45) is 5.92 Å². The molecule has 0 aliphatic heterocycles. The van der Waals surface area contributed by atoms with E-state index in [1.165, 1.54) is 22.7 Å². The summed E-state index contributed by atoms with van der Waals surface area (Å²) in [5.41, 5.74) is 2.65. The van der Waals surface area contributed by atoms with E-state index in [2.05, 4.69) is 38.0 Å². The number of unbranched alkanes of at least 4 members (excludes halogenated alkanes) is 1. The molecule has 1 unspecified atom stereocenters. The minimum absolute atomic E-state index is 0.0618. The van der Waals surface area contributed by atoms with Crippen LogP contribution in [0.3, 0.4) is 0 Å². The van der Waals surface area contributed by atoms with Gasteiger partial charge in [0.15, 0.2) is 0 Å². The molecule has 0 spiro atoms. The largest absolute Gasteiger partial charge is 0.392 e. The molecule has 1 aromatic carbocycles. The van der Waals surface area contributed by atoms with Crippen LogP contribution in [0.25, 0.3) is 0 Å². The van der Waals surface area contributed by atoms with E-state index in [1.807, 2.05) is 42.5 Å². The van der Waals surface area contributed by atoms with Gasteiger partial charge in [-0.05, 0) is 41.9 Å². The molecule has 11 heteroatoms. The third-order valence-corrected chi connectivity index (χ3v) is 7.62. The highest BCUT2D eigenvalue weighted by Gasteiger charge is 2.17. The first-order valence-corrected chi connectivity index (χ1v) is 13.9. The molecule has 0 saturated carbocycles. The van der Waals surface area contributed by atoms with Gasteiger partial charge in [-0.3, -0.25) is 9.59 Å². The highest BCUT2D eigenvalue weighted by Crippen LogP contribution is 2.26. The first-order chi connectivity index (χ1) is 18.0. The zero-order chi connectivity index (χ0) is 26.0. The highest BCUT2D eigenvalue weighted by atomic mass is 32.1. The van der Waals surface area contributed by atoms with Crippen LogP contribution in [0.5, 0.6) is 0 Å². The first-order valence-electron chi connectivity index (χ1n) is 12.3. The molecule has 0 saturated heterocycles. The predicted molar refractivity (Wildman–Crippen MR) is 146 cm³/mol. The van der Waals surface area contributed by atoms with Crippen molar-refractivity contribution in [3.8, 4) is 0 Å². The number of carbonyl (C=O) groups is 2. The summed E-state index contributed by atoms with van der Waals surface area (Å²) in [5.74, 6) is 0.105. The Kier molecular flexibility index (Phi) is 9.64. The minimum Gasteiger partial charge on any atom is -0.392 e. The lowest BCUT2D eigenvalue weighted by atomic mass is 9.90. The normalized spacial score (nSPS) is 15.1. The standard InChI is InChI=1S/C26H30N6O3S2/c1-17-11-12-19(20(13-17)16-33)15-22(35)28-26-32-30-24(37-26)10-6-5-9-23-29-31-25(36-23)27-21(34)14-18-7-3-2-4-8-18/h2-4,7-8,12-13,17,33H,5-6,9-11,14-16H2,1H3,(H,27,31,34)(H,28,32,35). The Balaban J connectivity index is 1.15. The van der Waals surface area contributed by atoms with Gasteiger partial charge in [-0.2, -0.15) is 0 Å². The van der Waals surface area contributed by atoms with Gasteiger partial charge in [-0.1, -0.05) is 72.1 Å². The second-order valence-electron chi connectivity index (χ2n) is 8.94. The van der Waals surface area contributed by atoms with Crippen LogP contribution in [0.4, 0.5) is 10.3 Å². The number of hydrogen-bond donors (Lipinski definition) is 3. The molecule has 2 heterocycles. The van der Waals surface area contributed by atoms with Crippen molar-refractivity contribution in [3.05, 3.63) is 69.2 Å². The van der Waals surface area contributed by atoms with Crippen LogP contribution in [0.15, 0.2) is 53.6 Å². The molecule has 2 amide bonds. The Morgan fingerprint density at radius 2 is 1.49 bits per heavy atom. The maximum absolute atomic E-state index is 12.5. The lowest BCUT2D eigenvalue weighted by molar-refractivity contribution is -0.116. The molecule has 1 atom stereocenters. The number of nitrogens with zero attached hydrogens (tertiary/aromatic N) is 4. The molecule has 3 N–H and O–H groups in total. The lowest BCUT2D eigenvalue weighted by Gasteiger charge is -2.17. The van der Waals surface area contributed by atoms with E-state index < -0.39 is 0 Å². The average molecular weight is 539 g/mol. The molecular weight excluding hydrogens is 508 g/mol. The van der Waals surface area contributed by atoms with Gasteiger partial charge in [0.1, 0.15) is 10.0 Å². The molecule has 0 fully saturated rings. The molecule has 1 aliphatic carbocycles. The molecule has 3 aromatic rings. The topological polar surface area (TPSA) is 130 Å². The Bertz CT molecular complexity index is 1270. The minimum atomic E-state index is -0.161. The summed E-state index contributed by atoms with van der Waals surface area (Å²) in [6, 6.07) is 9.57. The zero-order valence-electron chi connectivity index (χ0n) is 20.6. The van der Waals surface area contributed by atoms with Crippen molar-refractivity contribution >= 4 is 44.8 Å². The second kappa shape index (κ2) is 13.3. The predicted octanol–water partition coefficient (Wildman–Crippen LogP) is 4.35. The number of aryl methyl sites for hydroxylation is 2. The lowest BCUT2D eigenvalue weighted by Crippen LogP contribution is -2.15. The van der Waals surface area contributed by atoms with Gasteiger partial charge in [-0.25, -0.2) is 0 Å². The average Bonchev–Trinajstić information content (AvgIpc) is 3.52. The van der Waals surface area contributed by atoms with E-state index in [0.29, 0.717) is 22.6 Å². The van der Waals surface area contributed by atoms with Crippen LogP contribution in [0.2, 0.25) is 0 Å². The molecule has 9 nitrogen and oxygen atoms in total. The van der Waals surface area contributed by atoms with E-state index in [1.54, 1.807) is 0 Å². The van der Waals surface area contributed by atoms with Crippen LogP contribution < -0.4 is 10.6 Å². The number of carbonyl (C=O) groups excluding carboxylic acids is 2. The van der Waals surface area contributed by atoms with Gasteiger partial charge in [0.05, 0.1) is 19.4 Å². The summed E-state index contributed by atoms with van der Waals surface area (Å²) in [6.07, 6.45) is 8.76. The number of anilines is 2. The third-order valence-electron chi connectivity index (χ3n) is 5.82. The highest BCUT2D eigenvalue weighted by molar-refractivity contribution is 7.15. The number of amides is 2. The fraction of sp³-hybridized carbons (Fsp3) is 0.385. The summed E-state index contributed by atoms with van der Waals surface area (Å²) < 4.78 is 0. The maximum atomic E-state index is 12.5. The SMILES string of the molecule is CC1C=C(CO)C(CC(=O)Nc2nnc(CCCCc3nnc(NC(=O)Cc4ccccc4)s3)s2)=CC1. The number of aliphatic hydroxyl groups is 1. The quantitative estimate of drug-likeness (QED) is 0.292. The summed E-state index contributed by atoms with van der Waals surface area (Å²) in [6.45, 7) is 2.03. The molecule has 1 aliphatic rings. The van der Waals surface area contributed by atoms with E-state index >= 15 is 0 Å². The Morgan fingerprint density at radius 1 is 0.892 bits per heavy atom. The molecule has 37 heavy (non-hydrogen) atoms. The van der Waals surface area contributed by atoms with Gasteiger partial charge in [0.25, 0.3) is 0 Å². The van der Waals surface area contributed by atoms with Crippen LogP contribution in [0.1, 0.15) is 48.2 Å². The van der Waals surface area contributed by atoms with Gasteiger partial charge in [-0.15, -0.1) is 20.4 Å². The number of allylic oxidation sites excluding steroid dienone is 2. The Labute approximate surface area is 223 Å². The molecule has 0 bridgehead atoms. The van der Waals surface area contributed by atoms with Crippen molar-refractivity contribution in [1.82, 2.24) is 20.4 Å². The van der Waals surface area contributed by atoms with Crippen LogP contribution in [-0.2, 0) is 28.9 Å². The van der Waals surface area contributed by atoms with Crippen molar-refractivity contribution in [2.75, 3.05) is 17.2 Å². The van der Waals surface area contributed by atoms with E-state index in [0.717, 1.165) is 58.8 Å². The first kappa shape index (κ1) is 26.8. The third kappa shape index (κ3) is 8.38.